The van der Waals surface area contributed by atoms with Crippen LogP contribution in [0.5, 0.6) is 11.5 Å². The summed E-state index contributed by atoms with van der Waals surface area (Å²) in [6.45, 7) is 0.392. The van der Waals surface area contributed by atoms with Crippen LogP contribution in [0.1, 0.15) is 5.56 Å². The van der Waals surface area contributed by atoms with Crippen molar-refractivity contribution in [2.24, 2.45) is 5.73 Å². The van der Waals surface area contributed by atoms with Crippen LogP contribution in [0.4, 0.5) is 5.69 Å². The lowest BCUT2D eigenvalue weighted by atomic mass is 10.2. The topological polar surface area (TPSA) is 38.5 Å². The van der Waals surface area contributed by atoms with Gasteiger partial charge in [0.05, 0.1) is 5.02 Å². The van der Waals surface area contributed by atoms with Crippen LogP contribution in [-0.2, 0) is 6.54 Å². The van der Waals surface area contributed by atoms with E-state index in [1.54, 1.807) is 6.07 Å². The minimum Gasteiger partial charge on any atom is -0.455 e. The summed E-state index contributed by atoms with van der Waals surface area (Å²) < 4.78 is 5.88. The van der Waals surface area contributed by atoms with Crippen molar-refractivity contribution in [2.45, 2.75) is 6.54 Å². The molecule has 2 aromatic carbocycles. The average molecular weight is 277 g/mol. The van der Waals surface area contributed by atoms with E-state index in [0.29, 0.717) is 17.3 Å². The zero-order valence-corrected chi connectivity index (χ0v) is 11.8. The Morgan fingerprint density at radius 1 is 1.16 bits per heavy atom. The van der Waals surface area contributed by atoms with Crippen LogP contribution in [0.15, 0.2) is 42.5 Å². The van der Waals surface area contributed by atoms with Gasteiger partial charge in [-0.05, 0) is 18.2 Å². The Hall–Kier alpha value is -1.71. The Balaban J connectivity index is 2.33. The number of halogens is 1. The van der Waals surface area contributed by atoms with E-state index >= 15 is 0 Å². The molecular formula is C15H17ClN2O. The number of rotatable bonds is 4. The Bertz CT molecular complexity index is 570. The van der Waals surface area contributed by atoms with E-state index in [2.05, 4.69) is 0 Å². The highest BCUT2D eigenvalue weighted by molar-refractivity contribution is 6.32. The summed E-state index contributed by atoms with van der Waals surface area (Å²) in [6.07, 6.45) is 0. The van der Waals surface area contributed by atoms with Gasteiger partial charge in [-0.15, -0.1) is 0 Å². The predicted octanol–water partition coefficient (Wildman–Crippen LogP) is 3.66. The van der Waals surface area contributed by atoms with Crippen molar-refractivity contribution in [1.29, 1.82) is 0 Å². The molecule has 0 amide bonds. The van der Waals surface area contributed by atoms with Gasteiger partial charge in [0.1, 0.15) is 11.5 Å². The Labute approximate surface area is 118 Å². The molecule has 0 saturated carbocycles. The molecule has 19 heavy (non-hydrogen) atoms. The second-order valence-electron chi connectivity index (χ2n) is 4.43. The molecular weight excluding hydrogens is 260 g/mol. The van der Waals surface area contributed by atoms with Crippen molar-refractivity contribution < 1.29 is 4.74 Å². The third kappa shape index (κ3) is 3.19. The van der Waals surface area contributed by atoms with Crippen LogP contribution in [-0.4, -0.2) is 14.1 Å². The SMILES string of the molecule is CN(C)c1cccc(Oc2c(Cl)cccc2CN)c1. The maximum atomic E-state index is 6.17. The summed E-state index contributed by atoms with van der Waals surface area (Å²) in [5.74, 6) is 1.37. The van der Waals surface area contributed by atoms with Crippen LogP contribution >= 0.6 is 11.6 Å². The molecule has 0 unspecified atom stereocenters. The van der Waals surface area contributed by atoms with Gasteiger partial charge in [0, 0.05) is 38.0 Å². The van der Waals surface area contributed by atoms with Crippen LogP contribution in [0, 0.1) is 0 Å². The predicted molar refractivity (Wildman–Crippen MR) is 80.2 cm³/mol. The zero-order chi connectivity index (χ0) is 13.8. The van der Waals surface area contributed by atoms with Crippen molar-refractivity contribution in [3.05, 3.63) is 53.1 Å². The van der Waals surface area contributed by atoms with Crippen LogP contribution in [0.2, 0.25) is 5.02 Å². The number of hydrogen-bond donors (Lipinski definition) is 1. The summed E-state index contributed by atoms with van der Waals surface area (Å²) >= 11 is 6.17. The molecule has 0 fully saturated rings. The standard InChI is InChI=1S/C15H17ClN2O/c1-18(2)12-6-4-7-13(9-12)19-15-11(10-17)5-3-8-14(15)16/h3-9H,10,17H2,1-2H3. The fraction of sp³-hybridized carbons (Fsp3) is 0.200. The van der Waals surface area contributed by atoms with Gasteiger partial charge < -0.3 is 15.4 Å². The third-order valence-corrected chi connectivity index (χ3v) is 3.12. The van der Waals surface area contributed by atoms with Crippen LogP contribution in [0.25, 0.3) is 0 Å². The number of benzene rings is 2. The molecule has 2 N–H and O–H groups in total. The first kappa shape index (κ1) is 13.7. The summed E-state index contributed by atoms with van der Waals surface area (Å²) in [7, 11) is 3.97. The van der Waals surface area contributed by atoms with E-state index in [4.69, 9.17) is 22.1 Å². The Kier molecular flexibility index (Phi) is 4.30. The summed E-state index contributed by atoms with van der Waals surface area (Å²) in [4.78, 5) is 2.02. The van der Waals surface area contributed by atoms with Gasteiger partial charge in [-0.3, -0.25) is 0 Å². The molecule has 0 saturated heterocycles. The quantitative estimate of drug-likeness (QED) is 0.926. The van der Waals surface area contributed by atoms with E-state index in [0.717, 1.165) is 17.0 Å². The van der Waals surface area contributed by atoms with E-state index in [1.165, 1.54) is 0 Å². The van der Waals surface area contributed by atoms with Crippen molar-refractivity contribution in [3.8, 4) is 11.5 Å². The number of nitrogens with zero attached hydrogens (tertiary/aromatic N) is 1. The highest BCUT2D eigenvalue weighted by atomic mass is 35.5. The summed E-state index contributed by atoms with van der Waals surface area (Å²) in [5, 5.41) is 0.568. The monoisotopic (exact) mass is 276 g/mol. The van der Waals surface area contributed by atoms with E-state index < -0.39 is 0 Å². The van der Waals surface area contributed by atoms with E-state index in [1.807, 2.05) is 55.4 Å². The summed E-state index contributed by atoms with van der Waals surface area (Å²) in [6, 6.07) is 13.4. The van der Waals surface area contributed by atoms with Crippen molar-refractivity contribution >= 4 is 17.3 Å². The number of nitrogens with two attached hydrogens (primary N) is 1. The summed E-state index contributed by atoms with van der Waals surface area (Å²) in [5.41, 5.74) is 7.66. The fourth-order valence-electron chi connectivity index (χ4n) is 1.77. The van der Waals surface area contributed by atoms with Gasteiger partial charge in [-0.2, -0.15) is 0 Å². The molecule has 0 aliphatic heterocycles. The van der Waals surface area contributed by atoms with Gasteiger partial charge >= 0.3 is 0 Å². The first-order chi connectivity index (χ1) is 9.11. The van der Waals surface area contributed by atoms with Gasteiger partial charge in [0.2, 0.25) is 0 Å². The lowest BCUT2D eigenvalue weighted by Gasteiger charge is -2.15. The second kappa shape index (κ2) is 5.95. The number of hydrogen-bond acceptors (Lipinski definition) is 3. The molecule has 0 atom stereocenters. The molecule has 0 bridgehead atoms. The molecule has 4 heteroatoms. The average Bonchev–Trinajstić information content (AvgIpc) is 2.41. The van der Waals surface area contributed by atoms with Gasteiger partial charge in [0.15, 0.2) is 0 Å². The van der Waals surface area contributed by atoms with Gasteiger partial charge in [0.25, 0.3) is 0 Å². The zero-order valence-electron chi connectivity index (χ0n) is 11.1. The van der Waals surface area contributed by atoms with Crippen molar-refractivity contribution in [3.63, 3.8) is 0 Å². The fourth-order valence-corrected chi connectivity index (χ4v) is 2.00. The maximum absolute atomic E-state index is 6.17. The van der Waals surface area contributed by atoms with Crippen LogP contribution < -0.4 is 15.4 Å². The molecule has 0 aliphatic carbocycles. The van der Waals surface area contributed by atoms with Gasteiger partial charge in [-0.1, -0.05) is 29.8 Å². The van der Waals surface area contributed by atoms with Crippen molar-refractivity contribution in [1.82, 2.24) is 0 Å². The van der Waals surface area contributed by atoms with Crippen LogP contribution in [0.3, 0.4) is 0 Å². The highest BCUT2D eigenvalue weighted by Crippen LogP contribution is 2.33. The molecule has 2 aromatic rings. The molecule has 0 radical (unpaired) electrons. The number of anilines is 1. The molecule has 0 spiro atoms. The first-order valence-electron chi connectivity index (χ1n) is 6.04. The molecule has 0 heterocycles. The van der Waals surface area contributed by atoms with Crippen molar-refractivity contribution in [2.75, 3.05) is 19.0 Å². The smallest absolute Gasteiger partial charge is 0.150 e. The lowest BCUT2D eigenvalue weighted by molar-refractivity contribution is 0.476. The molecule has 3 nitrogen and oxygen atoms in total. The van der Waals surface area contributed by atoms with E-state index in [9.17, 15) is 0 Å². The highest BCUT2D eigenvalue weighted by Gasteiger charge is 2.09. The molecule has 0 aliphatic rings. The van der Waals surface area contributed by atoms with E-state index in [-0.39, 0.29) is 0 Å². The second-order valence-corrected chi connectivity index (χ2v) is 4.83. The first-order valence-corrected chi connectivity index (χ1v) is 6.42. The minimum atomic E-state index is 0.392. The maximum Gasteiger partial charge on any atom is 0.150 e. The van der Waals surface area contributed by atoms with Gasteiger partial charge in [-0.25, -0.2) is 0 Å². The molecule has 0 aromatic heterocycles. The number of ether oxygens (including phenoxy) is 1. The Morgan fingerprint density at radius 3 is 2.58 bits per heavy atom. The normalized spacial score (nSPS) is 10.3. The lowest BCUT2D eigenvalue weighted by Crippen LogP contribution is -2.08. The molecule has 100 valence electrons. The largest absolute Gasteiger partial charge is 0.455 e. The Morgan fingerprint density at radius 2 is 1.89 bits per heavy atom. The molecule has 2 rings (SSSR count). The number of para-hydroxylation sites is 1. The third-order valence-electron chi connectivity index (χ3n) is 2.82. The minimum absolute atomic E-state index is 0.392.